The summed E-state index contributed by atoms with van der Waals surface area (Å²) in [5, 5.41) is 65.0. The normalized spacial score (nSPS) is 36.9. The van der Waals surface area contributed by atoms with Crippen LogP contribution in [-0.4, -0.2) is 159 Å². The minimum atomic E-state index is -3.25. The van der Waals surface area contributed by atoms with Gasteiger partial charge in [0.2, 0.25) is 15.9 Å². The van der Waals surface area contributed by atoms with E-state index in [9.17, 15) is 53.0 Å². The fourth-order valence-electron chi connectivity index (χ4n) is 12.6. The summed E-state index contributed by atoms with van der Waals surface area (Å²) in [6.07, 6.45) is 9.58. The standard InChI is InChI=1S/C14H26BN3O4.C13H25BN2O5S.C12H23BN2O4/c1-15(22)4-2-3-11-10-7-18(8-12(16)19)6-9(10)5-14(11,17)13(20)21;1-14(19)5-3-4-11-10-8-16(22(2,20)21)7-9(10)6-13(11,15)12(17)18;14-8-4-7-6-12(15,11(16)17)10(9(7)5-8)2-1-3-13(18)19/h9-11,22H,2-8,17H2,1H3,(H2,16,19)(H,20,21);9-11,19H,3-8,15H2,1-2H3,(H,17,18);7-10,18-19H,1-6,14-15H2,(H,16,17). The number of primary amides is 1. The predicted molar refractivity (Wildman–Crippen MR) is 238 cm³/mol. The quantitative estimate of drug-likeness (QED) is 0.0682. The first-order valence-electron chi connectivity index (χ1n) is 22.6. The first-order chi connectivity index (χ1) is 29.1. The number of sulfonamides is 1. The number of fused-ring (bicyclic) bond motifs is 3. The summed E-state index contributed by atoms with van der Waals surface area (Å²) in [5.74, 6) is -2.75. The number of carboxylic acids is 3. The van der Waals surface area contributed by atoms with Crippen LogP contribution >= 0.6 is 0 Å². The van der Waals surface area contributed by atoms with Crippen molar-refractivity contribution >= 4 is 54.8 Å². The molecule has 0 radical (unpaired) electrons. The lowest BCUT2D eigenvalue weighted by Crippen LogP contribution is -2.53. The summed E-state index contributed by atoms with van der Waals surface area (Å²) < 4.78 is 24.9. The summed E-state index contributed by atoms with van der Waals surface area (Å²) >= 11 is 0. The molecule has 0 spiro atoms. The van der Waals surface area contributed by atoms with Gasteiger partial charge in [0.15, 0.2) is 0 Å². The smallest absolute Gasteiger partial charge is 0.451 e. The van der Waals surface area contributed by atoms with Crippen molar-refractivity contribution in [3.8, 4) is 0 Å². The first-order valence-corrected chi connectivity index (χ1v) is 24.5. The molecule has 0 aromatic carbocycles. The lowest BCUT2D eigenvalue weighted by Gasteiger charge is -2.31. The number of amides is 1. The number of aliphatic carboxylic acids is 3. The van der Waals surface area contributed by atoms with Gasteiger partial charge in [-0.15, -0.1) is 0 Å². The Hall–Kier alpha value is -2.38. The van der Waals surface area contributed by atoms with Crippen molar-refractivity contribution in [1.82, 2.24) is 9.21 Å². The van der Waals surface area contributed by atoms with E-state index in [1.54, 1.807) is 13.6 Å². The molecule has 2 saturated heterocycles. The minimum absolute atomic E-state index is 0.00683. The zero-order chi connectivity index (χ0) is 47.4. The molecule has 24 heteroatoms. The van der Waals surface area contributed by atoms with Crippen molar-refractivity contribution in [3.05, 3.63) is 0 Å². The third-order valence-corrected chi connectivity index (χ3v) is 16.7. The van der Waals surface area contributed by atoms with E-state index in [-0.39, 0.29) is 79.1 Å². The molecule has 0 bridgehead atoms. The molecule has 13 unspecified atom stereocenters. The van der Waals surface area contributed by atoms with E-state index in [1.807, 2.05) is 4.90 Å². The van der Waals surface area contributed by atoms with E-state index in [1.165, 1.54) is 10.6 Å². The Bertz CT molecular complexity index is 1720. The molecule has 63 heavy (non-hydrogen) atoms. The number of carboxylic acid groups (broad SMARTS) is 3. The second-order valence-corrected chi connectivity index (χ2v) is 22.2. The van der Waals surface area contributed by atoms with Gasteiger partial charge < -0.3 is 64.1 Å². The van der Waals surface area contributed by atoms with Gasteiger partial charge in [-0.2, -0.15) is 0 Å². The second-order valence-electron chi connectivity index (χ2n) is 20.2. The Labute approximate surface area is 372 Å². The van der Waals surface area contributed by atoms with Gasteiger partial charge in [-0.3, -0.25) is 24.1 Å². The maximum Gasteiger partial charge on any atom is 0.451 e. The molecule has 4 aliphatic carbocycles. The highest BCUT2D eigenvalue weighted by Gasteiger charge is 2.60. The van der Waals surface area contributed by atoms with E-state index in [2.05, 4.69) is 0 Å². The van der Waals surface area contributed by atoms with Crippen LogP contribution in [0.15, 0.2) is 0 Å². The Morgan fingerprint density at radius 1 is 0.635 bits per heavy atom. The molecule has 0 aromatic heterocycles. The third-order valence-electron chi connectivity index (χ3n) is 15.4. The molecule has 13 atom stereocenters. The number of nitrogens with zero attached hydrogens (tertiary/aromatic N) is 2. The van der Waals surface area contributed by atoms with Crippen molar-refractivity contribution in [3.63, 3.8) is 0 Å². The molecule has 6 aliphatic rings. The van der Waals surface area contributed by atoms with Gasteiger partial charge in [0, 0.05) is 32.2 Å². The van der Waals surface area contributed by atoms with Gasteiger partial charge in [-0.25, -0.2) is 12.7 Å². The third kappa shape index (κ3) is 12.7. The maximum atomic E-state index is 11.7. The number of likely N-dealkylation sites (tertiary alicyclic amines) is 1. The monoisotopic (exact) mass is 914 g/mol. The zero-order valence-corrected chi connectivity index (χ0v) is 38.0. The minimum Gasteiger partial charge on any atom is -0.480 e. The van der Waals surface area contributed by atoms with Crippen molar-refractivity contribution in [2.75, 3.05) is 39.0 Å². The molecule has 2 heterocycles. The molecule has 20 nitrogen and oxygen atoms in total. The van der Waals surface area contributed by atoms with Crippen LogP contribution in [0.5, 0.6) is 0 Å². The average molecular weight is 914 g/mol. The summed E-state index contributed by atoms with van der Waals surface area (Å²) in [6, 6.07) is 0.152. The van der Waals surface area contributed by atoms with Gasteiger partial charge in [0.05, 0.1) is 12.8 Å². The molecule has 1 amide bonds. The fourth-order valence-corrected chi connectivity index (χ4v) is 13.5. The van der Waals surface area contributed by atoms with Crippen LogP contribution in [-0.2, 0) is 29.2 Å². The van der Waals surface area contributed by atoms with Crippen molar-refractivity contribution in [2.45, 2.75) is 126 Å². The van der Waals surface area contributed by atoms with Crippen LogP contribution in [0.25, 0.3) is 0 Å². The largest absolute Gasteiger partial charge is 0.480 e. The first kappa shape index (κ1) is 53.2. The number of nitrogens with two attached hydrogens (primary N) is 5. The molecule has 17 N–H and O–H groups in total. The van der Waals surface area contributed by atoms with Crippen molar-refractivity contribution in [2.24, 2.45) is 81.9 Å². The Morgan fingerprint density at radius 3 is 1.46 bits per heavy atom. The van der Waals surface area contributed by atoms with Crippen LogP contribution in [0.4, 0.5) is 0 Å². The molecule has 2 aliphatic heterocycles. The van der Waals surface area contributed by atoms with E-state index in [0.29, 0.717) is 96.1 Å². The fraction of sp³-hybridized carbons (Fsp3) is 0.897. The molecule has 6 rings (SSSR count). The molecule has 6 fully saturated rings. The van der Waals surface area contributed by atoms with E-state index >= 15 is 0 Å². The number of hydrogen-bond donors (Lipinski definition) is 12. The van der Waals surface area contributed by atoms with E-state index in [0.717, 1.165) is 19.3 Å². The highest BCUT2D eigenvalue weighted by molar-refractivity contribution is 7.88. The van der Waals surface area contributed by atoms with Crippen molar-refractivity contribution in [1.29, 1.82) is 0 Å². The van der Waals surface area contributed by atoms with Crippen molar-refractivity contribution < 1.29 is 63.0 Å². The van der Waals surface area contributed by atoms with Crippen LogP contribution in [0, 0.1) is 53.3 Å². The Balaban J connectivity index is 0.000000208. The second kappa shape index (κ2) is 21.5. The maximum absolute atomic E-state index is 11.7. The molecular formula is C39H74B3N7O13S. The lowest BCUT2D eigenvalue weighted by atomic mass is 9.65. The number of rotatable bonds is 18. The van der Waals surface area contributed by atoms with Gasteiger partial charge >= 0.3 is 25.0 Å². The summed E-state index contributed by atoms with van der Waals surface area (Å²) in [6.45, 7) is 4.93. The zero-order valence-electron chi connectivity index (χ0n) is 37.2. The molecule has 0 aromatic rings. The molecule has 4 saturated carbocycles. The predicted octanol–water partition coefficient (Wildman–Crippen LogP) is -1.70. The van der Waals surface area contributed by atoms with Crippen LogP contribution in [0.1, 0.15) is 70.6 Å². The molecule has 358 valence electrons. The summed E-state index contributed by atoms with van der Waals surface area (Å²) in [5.41, 5.74) is 26.1. The van der Waals surface area contributed by atoms with Crippen LogP contribution in [0.2, 0.25) is 32.6 Å². The number of carbonyl (C=O) groups excluding carboxylic acids is 1. The van der Waals surface area contributed by atoms with Gasteiger partial charge in [-0.05, 0) is 124 Å². The number of hydrogen-bond acceptors (Lipinski definition) is 15. The van der Waals surface area contributed by atoms with E-state index < -0.39 is 58.6 Å². The summed E-state index contributed by atoms with van der Waals surface area (Å²) in [7, 11) is -4.59. The van der Waals surface area contributed by atoms with Gasteiger partial charge in [-0.1, -0.05) is 32.9 Å². The van der Waals surface area contributed by atoms with Crippen LogP contribution in [0.3, 0.4) is 0 Å². The average Bonchev–Trinajstić information content (AvgIpc) is 3.97. The van der Waals surface area contributed by atoms with Gasteiger partial charge in [0.25, 0.3) is 13.8 Å². The number of carbonyl (C=O) groups is 4. The highest BCUT2D eigenvalue weighted by atomic mass is 32.2. The van der Waals surface area contributed by atoms with Gasteiger partial charge in [0.1, 0.15) is 16.6 Å². The highest BCUT2D eigenvalue weighted by Crippen LogP contribution is 2.54. The molecular weight excluding hydrogens is 839 g/mol. The SMILES string of the molecule is CB(O)CCCC1C2CN(CC(N)=O)CC2CC1(N)C(=O)O.CB(O)CCCC1C2CN(S(C)(=O)=O)CC2CC1(N)C(=O)O.NC1CC2CC(N)(C(=O)O)C(CCCB(O)O)C2C1. The summed E-state index contributed by atoms with van der Waals surface area (Å²) in [4.78, 5) is 47.9. The Morgan fingerprint density at radius 2 is 1.05 bits per heavy atom. The lowest BCUT2D eigenvalue weighted by molar-refractivity contribution is -0.146. The van der Waals surface area contributed by atoms with E-state index in [4.69, 9.17) is 38.7 Å². The Kier molecular flexibility index (Phi) is 18.2. The topological polar surface area (TPSA) is 381 Å². The van der Waals surface area contributed by atoms with Crippen LogP contribution < -0.4 is 28.7 Å².